The Balaban J connectivity index is 2.04. The molecule has 0 spiro atoms. The fourth-order valence-electron chi connectivity index (χ4n) is 2.51. The van der Waals surface area contributed by atoms with Gasteiger partial charge in [0.05, 0.1) is 11.1 Å². The maximum absolute atomic E-state index is 12.8. The summed E-state index contributed by atoms with van der Waals surface area (Å²) in [6.45, 7) is 0. The van der Waals surface area contributed by atoms with E-state index >= 15 is 0 Å². The molecule has 3 N–H and O–H groups in total. The van der Waals surface area contributed by atoms with Crippen molar-refractivity contribution in [3.05, 3.63) is 89.0 Å². The van der Waals surface area contributed by atoms with E-state index in [2.05, 4.69) is 0 Å². The minimum atomic E-state index is -1.37. The first-order valence-electron chi connectivity index (χ1n) is 8.08. The second-order valence-corrected chi connectivity index (χ2v) is 5.80. The minimum absolute atomic E-state index is 0.0326. The lowest BCUT2D eigenvalue weighted by atomic mass is 9.99. The molecule has 0 fully saturated rings. The Morgan fingerprint density at radius 1 is 0.679 bits per heavy atom. The maximum atomic E-state index is 12.8. The Hall–Kier alpha value is -4.13. The molecule has 0 aliphatic carbocycles. The fraction of sp³-hybridized carbons (Fsp3) is 0. The molecule has 0 amide bonds. The molecule has 3 aromatic carbocycles. The number of carbonyl (C=O) groups excluding carboxylic acids is 2. The summed E-state index contributed by atoms with van der Waals surface area (Å²) >= 11 is 0. The van der Waals surface area contributed by atoms with E-state index in [0.717, 1.165) is 0 Å². The van der Waals surface area contributed by atoms with E-state index in [9.17, 15) is 29.7 Å². The first-order chi connectivity index (χ1) is 13.4. The molecule has 0 aromatic heterocycles. The third-order valence-corrected chi connectivity index (χ3v) is 3.92. The number of phenols is 2. The monoisotopic (exact) mass is 378 g/mol. The maximum Gasteiger partial charge on any atom is 0.343 e. The molecule has 0 aliphatic heterocycles. The lowest BCUT2D eigenvalue weighted by molar-refractivity contribution is 0.0681. The van der Waals surface area contributed by atoms with E-state index < -0.39 is 17.7 Å². The number of carboxylic acid groups (broad SMARTS) is 1. The molecule has 7 nitrogen and oxygen atoms in total. The molecule has 3 rings (SSSR count). The smallest absolute Gasteiger partial charge is 0.343 e. The molecular formula is C21H14O7. The van der Waals surface area contributed by atoms with Gasteiger partial charge in [0.2, 0.25) is 0 Å². The zero-order valence-corrected chi connectivity index (χ0v) is 14.3. The standard InChI is InChI=1S/C21H14O7/c22-14-8-4-12(5-9-14)18(24)16-2-1-3-17(20(25)26)19(16)28-21(27)13-6-10-15(23)11-7-13/h1-11,22-23H,(H,25,26). The number of carbonyl (C=O) groups is 3. The third kappa shape index (κ3) is 3.83. The van der Waals surface area contributed by atoms with Crippen LogP contribution in [0.25, 0.3) is 0 Å². The number of benzene rings is 3. The largest absolute Gasteiger partial charge is 0.508 e. The van der Waals surface area contributed by atoms with Gasteiger partial charge in [-0.25, -0.2) is 9.59 Å². The first-order valence-corrected chi connectivity index (χ1v) is 8.08. The Morgan fingerprint density at radius 2 is 1.18 bits per heavy atom. The highest BCUT2D eigenvalue weighted by molar-refractivity contribution is 6.13. The molecule has 0 saturated heterocycles. The van der Waals surface area contributed by atoms with Crippen LogP contribution in [0.4, 0.5) is 0 Å². The highest BCUT2D eigenvalue weighted by atomic mass is 16.5. The third-order valence-electron chi connectivity index (χ3n) is 3.92. The molecule has 3 aromatic rings. The molecule has 0 radical (unpaired) electrons. The summed E-state index contributed by atoms with van der Waals surface area (Å²) < 4.78 is 5.26. The van der Waals surface area contributed by atoms with Crippen molar-refractivity contribution in [3.63, 3.8) is 0 Å². The molecule has 0 bridgehead atoms. The summed E-state index contributed by atoms with van der Waals surface area (Å²) in [5.74, 6) is -3.29. The second kappa shape index (κ2) is 7.63. The van der Waals surface area contributed by atoms with Crippen molar-refractivity contribution in [1.29, 1.82) is 0 Å². The van der Waals surface area contributed by atoms with Gasteiger partial charge in [-0.05, 0) is 60.7 Å². The van der Waals surface area contributed by atoms with Crippen LogP contribution in [0.3, 0.4) is 0 Å². The predicted molar refractivity (Wildman–Crippen MR) is 98.0 cm³/mol. The summed E-state index contributed by atoms with van der Waals surface area (Å²) in [7, 11) is 0. The molecule has 7 heteroatoms. The summed E-state index contributed by atoms with van der Waals surface area (Å²) in [5, 5.41) is 28.1. The van der Waals surface area contributed by atoms with Crippen molar-refractivity contribution in [2.24, 2.45) is 0 Å². The zero-order chi connectivity index (χ0) is 20.3. The van der Waals surface area contributed by atoms with Gasteiger partial charge in [0.25, 0.3) is 0 Å². The van der Waals surface area contributed by atoms with Crippen LogP contribution in [0.15, 0.2) is 66.7 Å². The highest BCUT2D eigenvalue weighted by Crippen LogP contribution is 2.28. The molecule has 0 saturated carbocycles. The number of ether oxygens (including phenoxy) is 1. The number of hydrogen-bond donors (Lipinski definition) is 3. The van der Waals surface area contributed by atoms with Gasteiger partial charge in [0.1, 0.15) is 17.1 Å². The topological polar surface area (TPSA) is 121 Å². The predicted octanol–water partition coefficient (Wildman–Crippen LogP) is 3.25. The molecule has 140 valence electrons. The van der Waals surface area contributed by atoms with Crippen LogP contribution in [0.2, 0.25) is 0 Å². The first kappa shape index (κ1) is 18.7. The zero-order valence-electron chi connectivity index (χ0n) is 14.3. The number of rotatable bonds is 5. The second-order valence-electron chi connectivity index (χ2n) is 5.80. The Bertz CT molecular complexity index is 1050. The summed E-state index contributed by atoms with van der Waals surface area (Å²) in [5.41, 5.74) is -0.210. The lowest BCUT2D eigenvalue weighted by Crippen LogP contribution is -2.15. The summed E-state index contributed by atoms with van der Waals surface area (Å²) in [6, 6.07) is 14.5. The summed E-state index contributed by atoms with van der Waals surface area (Å²) in [4.78, 5) is 36.8. The highest BCUT2D eigenvalue weighted by Gasteiger charge is 2.24. The van der Waals surface area contributed by atoms with E-state index in [1.807, 2.05) is 0 Å². The molecule has 0 atom stereocenters. The van der Waals surface area contributed by atoms with Crippen LogP contribution < -0.4 is 4.74 Å². The average molecular weight is 378 g/mol. The van der Waals surface area contributed by atoms with Gasteiger partial charge in [-0.3, -0.25) is 4.79 Å². The fourth-order valence-corrected chi connectivity index (χ4v) is 2.51. The molecule has 0 unspecified atom stereocenters. The van der Waals surface area contributed by atoms with Crippen LogP contribution in [0.1, 0.15) is 36.6 Å². The van der Waals surface area contributed by atoms with Crippen LogP contribution in [0, 0.1) is 0 Å². The van der Waals surface area contributed by atoms with Gasteiger partial charge in [-0.15, -0.1) is 0 Å². The van der Waals surface area contributed by atoms with E-state index in [1.165, 1.54) is 66.7 Å². The average Bonchev–Trinajstić information content (AvgIpc) is 2.68. The Morgan fingerprint density at radius 3 is 1.71 bits per heavy atom. The van der Waals surface area contributed by atoms with Gasteiger partial charge in [-0.1, -0.05) is 6.07 Å². The van der Waals surface area contributed by atoms with E-state index in [-0.39, 0.29) is 39.5 Å². The van der Waals surface area contributed by atoms with Crippen molar-refractivity contribution in [3.8, 4) is 17.2 Å². The lowest BCUT2D eigenvalue weighted by Gasteiger charge is -2.12. The van der Waals surface area contributed by atoms with Crippen molar-refractivity contribution in [1.82, 2.24) is 0 Å². The number of aromatic hydroxyl groups is 2. The van der Waals surface area contributed by atoms with E-state index in [0.29, 0.717) is 0 Å². The number of hydrogen-bond acceptors (Lipinski definition) is 6. The van der Waals surface area contributed by atoms with Crippen LogP contribution in [-0.2, 0) is 0 Å². The number of phenolic OH excluding ortho intramolecular Hbond substituents is 2. The Labute approximate surface area is 159 Å². The van der Waals surface area contributed by atoms with Crippen molar-refractivity contribution < 1.29 is 34.4 Å². The van der Waals surface area contributed by atoms with Crippen molar-refractivity contribution in [2.75, 3.05) is 0 Å². The van der Waals surface area contributed by atoms with Gasteiger partial charge in [0.15, 0.2) is 11.5 Å². The van der Waals surface area contributed by atoms with Crippen LogP contribution in [-0.4, -0.2) is 33.0 Å². The number of para-hydroxylation sites is 1. The number of aromatic carboxylic acids is 1. The normalized spacial score (nSPS) is 10.3. The number of esters is 1. The van der Waals surface area contributed by atoms with Gasteiger partial charge in [-0.2, -0.15) is 0 Å². The van der Waals surface area contributed by atoms with Crippen molar-refractivity contribution in [2.45, 2.75) is 0 Å². The summed E-state index contributed by atoms with van der Waals surface area (Å²) in [6.07, 6.45) is 0. The molecular weight excluding hydrogens is 364 g/mol. The molecule has 28 heavy (non-hydrogen) atoms. The molecule has 0 aliphatic rings. The van der Waals surface area contributed by atoms with Gasteiger partial charge >= 0.3 is 11.9 Å². The SMILES string of the molecule is O=C(Oc1c(C(=O)O)cccc1C(=O)c1ccc(O)cc1)c1ccc(O)cc1. The number of ketones is 1. The number of carboxylic acids is 1. The van der Waals surface area contributed by atoms with Crippen LogP contribution >= 0.6 is 0 Å². The molecule has 0 heterocycles. The van der Waals surface area contributed by atoms with E-state index in [1.54, 1.807) is 0 Å². The van der Waals surface area contributed by atoms with Gasteiger partial charge < -0.3 is 20.1 Å². The van der Waals surface area contributed by atoms with Gasteiger partial charge in [0, 0.05) is 5.56 Å². The quantitative estimate of drug-likeness (QED) is 0.354. The Kier molecular flexibility index (Phi) is 5.08. The minimum Gasteiger partial charge on any atom is -0.508 e. The van der Waals surface area contributed by atoms with E-state index in [4.69, 9.17) is 4.74 Å². The van der Waals surface area contributed by atoms with Crippen LogP contribution in [0.5, 0.6) is 17.2 Å². The van der Waals surface area contributed by atoms with Crippen molar-refractivity contribution >= 4 is 17.7 Å².